The first-order chi connectivity index (χ1) is 14.3. The van der Waals surface area contributed by atoms with Crippen LogP contribution in [-0.4, -0.2) is 65.0 Å². The fraction of sp³-hybridized carbons (Fsp3) is 0.625. The van der Waals surface area contributed by atoms with Gasteiger partial charge in [0, 0.05) is 44.1 Å². The lowest BCUT2D eigenvalue weighted by Crippen LogP contribution is -2.64. The number of methoxy groups -OCH3 is 1. The molecule has 2 aromatic rings. The molecule has 2 bridgehead atoms. The molecule has 0 unspecified atom stereocenters. The standard InChI is InChI=1S/C24H34N4O/c1-29-22-7-4-6-19(14-22)15-24-21-16-20(23-8-2-3-11-28(23)24)17-26(18-21)12-13-27-10-5-9-25-27/h4-7,9-10,14,20-21,23-24H,2-3,8,11-13,15-18H2,1H3/t20-,21+,23+,24+/m1/s1. The molecule has 5 rings (SSSR count). The summed E-state index contributed by atoms with van der Waals surface area (Å²) in [5.74, 6) is 2.59. The van der Waals surface area contributed by atoms with Gasteiger partial charge in [0.1, 0.15) is 5.75 Å². The molecular weight excluding hydrogens is 360 g/mol. The second kappa shape index (κ2) is 8.49. The number of piperidine rings is 3. The Morgan fingerprint density at radius 3 is 2.90 bits per heavy atom. The van der Waals surface area contributed by atoms with E-state index in [4.69, 9.17) is 4.74 Å². The summed E-state index contributed by atoms with van der Waals surface area (Å²) in [6.07, 6.45) is 10.7. The van der Waals surface area contributed by atoms with Gasteiger partial charge in [-0.25, -0.2) is 0 Å². The van der Waals surface area contributed by atoms with Crippen LogP contribution in [0.4, 0.5) is 0 Å². The van der Waals surface area contributed by atoms with E-state index in [9.17, 15) is 0 Å². The average molecular weight is 395 g/mol. The van der Waals surface area contributed by atoms with Gasteiger partial charge < -0.3 is 9.64 Å². The number of nitrogens with zero attached hydrogens (tertiary/aromatic N) is 4. The number of benzene rings is 1. The predicted molar refractivity (Wildman–Crippen MR) is 115 cm³/mol. The first-order valence-corrected chi connectivity index (χ1v) is 11.4. The third-order valence-electron chi connectivity index (χ3n) is 7.48. The van der Waals surface area contributed by atoms with E-state index in [2.05, 4.69) is 50.0 Å². The molecule has 0 spiro atoms. The van der Waals surface area contributed by atoms with Gasteiger partial charge in [0.25, 0.3) is 0 Å². The Kier molecular flexibility index (Phi) is 5.60. The Hall–Kier alpha value is -1.85. The van der Waals surface area contributed by atoms with E-state index in [-0.39, 0.29) is 0 Å². The molecule has 0 amide bonds. The van der Waals surface area contributed by atoms with Crippen LogP contribution in [0.15, 0.2) is 42.7 Å². The predicted octanol–water partition coefficient (Wildman–Crippen LogP) is 3.31. The van der Waals surface area contributed by atoms with Crippen molar-refractivity contribution in [1.82, 2.24) is 19.6 Å². The van der Waals surface area contributed by atoms with Crippen molar-refractivity contribution in [3.05, 3.63) is 48.3 Å². The largest absolute Gasteiger partial charge is 0.497 e. The molecule has 4 atom stereocenters. The summed E-state index contributed by atoms with van der Waals surface area (Å²) in [5, 5.41) is 4.40. The molecule has 5 heteroatoms. The van der Waals surface area contributed by atoms with Crippen LogP contribution in [0.25, 0.3) is 0 Å². The molecule has 0 saturated carbocycles. The van der Waals surface area contributed by atoms with Crippen molar-refractivity contribution < 1.29 is 4.74 Å². The summed E-state index contributed by atoms with van der Waals surface area (Å²) in [6.45, 7) is 5.91. The van der Waals surface area contributed by atoms with E-state index in [0.29, 0.717) is 6.04 Å². The Balaban J connectivity index is 1.33. The lowest BCUT2D eigenvalue weighted by atomic mass is 9.71. The minimum absolute atomic E-state index is 0.663. The van der Waals surface area contributed by atoms with E-state index >= 15 is 0 Å². The molecule has 0 aliphatic carbocycles. The van der Waals surface area contributed by atoms with Gasteiger partial charge in [0.05, 0.1) is 13.7 Å². The van der Waals surface area contributed by atoms with Gasteiger partial charge in [0.2, 0.25) is 0 Å². The van der Waals surface area contributed by atoms with Crippen molar-refractivity contribution >= 4 is 0 Å². The zero-order valence-corrected chi connectivity index (χ0v) is 17.6. The first kappa shape index (κ1) is 19.1. The second-order valence-corrected chi connectivity index (χ2v) is 9.21. The number of ether oxygens (including phenoxy) is 1. The van der Waals surface area contributed by atoms with Crippen LogP contribution in [-0.2, 0) is 13.0 Å². The lowest BCUT2D eigenvalue weighted by molar-refractivity contribution is -0.0716. The molecule has 5 nitrogen and oxygen atoms in total. The maximum Gasteiger partial charge on any atom is 0.119 e. The maximum absolute atomic E-state index is 5.49. The minimum atomic E-state index is 0.663. The highest BCUT2D eigenvalue weighted by Gasteiger charge is 2.46. The van der Waals surface area contributed by atoms with Crippen molar-refractivity contribution in [2.24, 2.45) is 11.8 Å². The summed E-state index contributed by atoms with van der Waals surface area (Å²) in [7, 11) is 1.77. The summed E-state index contributed by atoms with van der Waals surface area (Å²) < 4.78 is 7.56. The quantitative estimate of drug-likeness (QED) is 0.753. The van der Waals surface area contributed by atoms with Gasteiger partial charge >= 0.3 is 0 Å². The van der Waals surface area contributed by atoms with E-state index in [1.165, 1.54) is 50.9 Å². The minimum Gasteiger partial charge on any atom is -0.497 e. The van der Waals surface area contributed by atoms with Crippen molar-refractivity contribution in [1.29, 1.82) is 0 Å². The normalized spacial score (nSPS) is 30.1. The molecule has 0 radical (unpaired) electrons. The number of aromatic nitrogens is 2. The van der Waals surface area contributed by atoms with Crippen molar-refractivity contribution in [3.8, 4) is 5.75 Å². The van der Waals surface area contributed by atoms with Crippen LogP contribution in [0.1, 0.15) is 31.2 Å². The van der Waals surface area contributed by atoms with Crippen molar-refractivity contribution in [3.63, 3.8) is 0 Å². The van der Waals surface area contributed by atoms with Crippen molar-refractivity contribution in [2.45, 2.75) is 50.7 Å². The van der Waals surface area contributed by atoms with Crippen LogP contribution in [0.5, 0.6) is 5.75 Å². The van der Waals surface area contributed by atoms with Gasteiger partial charge in [-0.1, -0.05) is 18.6 Å². The monoisotopic (exact) mass is 394 g/mol. The average Bonchev–Trinajstić information content (AvgIpc) is 3.29. The third kappa shape index (κ3) is 4.08. The summed E-state index contributed by atoms with van der Waals surface area (Å²) in [5.41, 5.74) is 1.42. The van der Waals surface area contributed by atoms with Crippen LogP contribution in [0.3, 0.4) is 0 Å². The number of likely N-dealkylation sites (tertiary alicyclic amines) is 1. The first-order valence-electron chi connectivity index (χ1n) is 11.4. The molecule has 0 N–H and O–H groups in total. The second-order valence-electron chi connectivity index (χ2n) is 9.21. The molecule has 29 heavy (non-hydrogen) atoms. The highest BCUT2D eigenvalue weighted by molar-refractivity contribution is 5.29. The van der Waals surface area contributed by atoms with Gasteiger partial charge in [0.15, 0.2) is 0 Å². The fourth-order valence-corrected chi connectivity index (χ4v) is 6.19. The summed E-state index contributed by atoms with van der Waals surface area (Å²) in [4.78, 5) is 5.64. The molecule has 3 saturated heterocycles. The number of hydrogen-bond donors (Lipinski definition) is 0. The number of fused-ring (bicyclic) bond motifs is 4. The highest BCUT2D eigenvalue weighted by atomic mass is 16.5. The van der Waals surface area contributed by atoms with E-state index in [1.54, 1.807) is 7.11 Å². The Bertz CT molecular complexity index is 792. The molecule has 3 aliphatic heterocycles. The molecule has 1 aromatic heterocycles. The molecular formula is C24H34N4O. The summed E-state index contributed by atoms with van der Waals surface area (Å²) >= 11 is 0. The topological polar surface area (TPSA) is 33.5 Å². The maximum atomic E-state index is 5.49. The van der Waals surface area contributed by atoms with Gasteiger partial charge in [-0.2, -0.15) is 5.10 Å². The van der Waals surface area contributed by atoms with Gasteiger partial charge in [-0.05, 0) is 67.8 Å². The molecule has 1 aromatic carbocycles. The van der Waals surface area contributed by atoms with Crippen molar-refractivity contribution in [2.75, 3.05) is 33.3 Å². The van der Waals surface area contributed by atoms with Crippen LogP contribution in [0, 0.1) is 11.8 Å². The van der Waals surface area contributed by atoms with Gasteiger partial charge in [-0.15, -0.1) is 0 Å². The Morgan fingerprint density at radius 2 is 2.03 bits per heavy atom. The molecule has 4 heterocycles. The SMILES string of the molecule is COc1cccc(C[C@H]2[C@H]3C[C@H](CN(CCn4cccn4)C3)[C@@H]3CCCCN32)c1. The Labute approximate surface area is 174 Å². The summed E-state index contributed by atoms with van der Waals surface area (Å²) in [6, 6.07) is 12.2. The zero-order chi connectivity index (χ0) is 19.6. The fourth-order valence-electron chi connectivity index (χ4n) is 6.19. The smallest absolute Gasteiger partial charge is 0.119 e. The molecule has 156 valence electrons. The molecule has 3 aliphatic rings. The van der Waals surface area contributed by atoms with E-state index < -0.39 is 0 Å². The zero-order valence-electron chi connectivity index (χ0n) is 17.6. The third-order valence-corrected chi connectivity index (χ3v) is 7.48. The van der Waals surface area contributed by atoms with Crippen LogP contribution >= 0.6 is 0 Å². The Morgan fingerprint density at radius 1 is 1.10 bits per heavy atom. The molecule has 3 fully saturated rings. The van der Waals surface area contributed by atoms with E-state index in [0.717, 1.165) is 43.1 Å². The number of hydrogen-bond acceptors (Lipinski definition) is 4. The van der Waals surface area contributed by atoms with Gasteiger partial charge in [-0.3, -0.25) is 9.58 Å². The van der Waals surface area contributed by atoms with Crippen LogP contribution in [0.2, 0.25) is 0 Å². The van der Waals surface area contributed by atoms with Crippen LogP contribution < -0.4 is 4.74 Å². The number of rotatable bonds is 6. The highest BCUT2D eigenvalue weighted by Crippen LogP contribution is 2.42. The lowest BCUT2D eigenvalue weighted by Gasteiger charge is -2.57. The van der Waals surface area contributed by atoms with E-state index in [1.807, 2.05) is 12.3 Å².